The Balaban J connectivity index is 2.15. The van der Waals surface area contributed by atoms with Crippen molar-refractivity contribution < 1.29 is 35.7 Å². The Bertz CT molecular complexity index is 1200. The topological polar surface area (TPSA) is 146 Å². The fourth-order valence-electron chi connectivity index (χ4n) is 4.25. The molecular formula is C26H50N4O8SSi2. The number of aromatic nitrogens is 3. The highest BCUT2D eigenvalue weighted by Crippen LogP contribution is 2.52. The summed E-state index contributed by atoms with van der Waals surface area (Å²) in [6.45, 7) is 25.7. The monoisotopic (exact) mass is 634 g/mol. The summed E-state index contributed by atoms with van der Waals surface area (Å²) < 4.78 is 64.7. The van der Waals surface area contributed by atoms with Gasteiger partial charge in [0.15, 0.2) is 28.5 Å². The lowest BCUT2D eigenvalue weighted by Crippen LogP contribution is -2.59. The van der Waals surface area contributed by atoms with E-state index in [1.165, 1.54) is 4.68 Å². The maximum atomic E-state index is 12.9. The minimum absolute atomic E-state index is 0.00869. The summed E-state index contributed by atoms with van der Waals surface area (Å²) in [4.78, 5) is 0. The maximum Gasteiger partial charge on any atom is 0.292 e. The van der Waals surface area contributed by atoms with Gasteiger partial charge in [0.05, 0.1) is 23.9 Å². The molecule has 236 valence electrons. The number of hydrogen-bond acceptors (Lipinski definition) is 11. The summed E-state index contributed by atoms with van der Waals surface area (Å²) in [5.41, 5.74) is 5.34. The van der Waals surface area contributed by atoms with Crippen molar-refractivity contribution in [1.82, 2.24) is 15.0 Å². The number of rotatable bonds is 11. The Morgan fingerprint density at radius 2 is 1.61 bits per heavy atom. The smallest absolute Gasteiger partial charge is 0.292 e. The van der Waals surface area contributed by atoms with Gasteiger partial charge in [-0.1, -0.05) is 46.8 Å². The van der Waals surface area contributed by atoms with Gasteiger partial charge in [0.1, 0.15) is 17.9 Å². The molecule has 0 aromatic carbocycles. The van der Waals surface area contributed by atoms with Crippen LogP contribution in [0.25, 0.3) is 0 Å². The van der Waals surface area contributed by atoms with E-state index in [1.54, 1.807) is 6.20 Å². The highest BCUT2D eigenvalue weighted by Gasteiger charge is 2.67. The maximum absolute atomic E-state index is 12.9. The van der Waals surface area contributed by atoms with Crippen LogP contribution in [0.3, 0.4) is 0 Å². The molecular weight excluding hydrogens is 585 g/mol. The van der Waals surface area contributed by atoms with Crippen molar-refractivity contribution in [1.29, 1.82) is 0 Å². The molecule has 12 nitrogen and oxygen atoms in total. The van der Waals surface area contributed by atoms with E-state index in [4.69, 9.17) is 33.0 Å². The first-order valence-corrected chi connectivity index (χ1v) is 21.5. The van der Waals surface area contributed by atoms with Gasteiger partial charge in [0, 0.05) is 13.2 Å². The molecule has 0 aliphatic carbocycles. The van der Waals surface area contributed by atoms with Crippen molar-refractivity contribution in [2.45, 2.75) is 122 Å². The van der Waals surface area contributed by atoms with Gasteiger partial charge in [-0.05, 0) is 50.1 Å². The zero-order chi connectivity index (χ0) is 31.2. The van der Waals surface area contributed by atoms with Crippen molar-refractivity contribution in [3.63, 3.8) is 0 Å². The molecule has 1 aromatic rings. The third-order valence-corrected chi connectivity index (χ3v) is 18.7. The minimum Gasteiger partial charge on any atom is -0.414 e. The Kier molecular flexibility index (Phi) is 9.81. The van der Waals surface area contributed by atoms with Crippen LogP contribution in [0.2, 0.25) is 36.3 Å². The number of ether oxygens (including phenoxy) is 3. The van der Waals surface area contributed by atoms with Crippen molar-refractivity contribution in [3.8, 4) is 0 Å². The van der Waals surface area contributed by atoms with Gasteiger partial charge in [-0.2, -0.15) is 8.42 Å². The summed E-state index contributed by atoms with van der Waals surface area (Å²) in [6.07, 6.45) is -1.87. The van der Waals surface area contributed by atoms with Crippen LogP contribution in [0.4, 0.5) is 0 Å². The van der Waals surface area contributed by atoms with Crippen molar-refractivity contribution in [2.75, 3.05) is 19.8 Å². The Labute approximate surface area is 247 Å². The molecule has 41 heavy (non-hydrogen) atoms. The predicted octanol–water partition coefficient (Wildman–Crippen LogP) is 4.56. The Morgan fingerprint density at radius 1 is 1.05 bits per heavy atom. The molecule has 0 amide bonds. The molecule has 3 rings (SSSR count). The first-order chi connectivity index (χ1) is 18.6. The van der Waals surface area contributed by atoms with E-state index in [0.717, 1.165) is 5.41 Å². The molecule has 4 atom stereocenters. The van der Waals surface area contributed by atoms with E-state index in [2.05, 4.69) is 78.0 Å². The molecule has 1 spiro atoms. The van der Waals surface area contributed by atoms with Crippen LogP contribution < -0.4 is 5.73 Å². The molecule has 15 heteroatoms. The Morgan fingerprint density at radius 3 is 2.07 bits per heavy atom. The lowest BCUT2D eigenvalue weighted by atomic mass is 9.89. The van der Waals surface area contributed by atoms with Gasteiger partial charge in [-0.3, -0.25) is 0 Å². The van der Waals surface area contributed by atoms with Crippen LogP contribution in [0.1, 0.15) is 73.6 Å². The summed E-state index contributed by atoms with van der Waals surface area (Å²) in [5, 5.41) is 9.28. The van der Waals surface area contributed by atoms with Crippen molar-refractivity contribution >= 4 is 26.8 Å². The lowest BCUT2D eigenvalue weighted by Gasteiger charge is -2.43. The van der Waals surface area contributed by atoms with E-state index in [-0.39, 0.29) is 22.4 Å². The normalized spacial score (nSPS) is 27.2. The second-order valence-corrected chi connectivity index (χ2v) is 24.6. The first kappa shape index (κ1) is 34.3. The summed E-state index contributed by atoms with van der Waals surface area (Å²) in [5.74, 6) is 0. The molecule has 0 radical (unpaired) electrons. The van der Waals surface area contributed by atoms with Crippen molar-refractivity contribution in [2.24, 2.45) is 5.73 Å². The fourth-order valence-corrected chi connectivity index (χ4v) is 7.76. The molecule has 0 saturated carbocycles. The predicted molar refractivity (Wildman–Crippen MR) is 160 cm³/mol. The average Bonchev–Trinajstić information content (AvgIpc) is 3.46. The van der Waals surface area contributed by atoms with E-state index in [1.807, 2.05) is 13.8 Å². The largest absolute Gasteiger partial charge is 0.414 e. The molecule has 2 aliphatic rings. The number of nitrogens with zero attached hydrogens (tertiary/aromatic N) is 3. The van der Waals surface area contributed by atoms with E-state index < -0.39 is 57.1 Å². The van der Waals surface area contributed by atoms with Crippen LogP contribution in [-0.4, -0.2) is 77.7 Å². The summed E-state index contributed by atoms with van der Waals surface area (Å²) in [7, 11) is -8.94. The van der Waals surface area contributed by atoms with Crippen LogP contribution in [0.5, 0.6) is 0 Å². The van der Waals surface area contributed by atoms with Gasteiger partial charge in [0.2, 0.25) is 6.29 Å². The Hall–Kier alpha value is -1.18. The molecule has 2 aliphatic heterocycles. The van der Waals surface area contributed by atoms with Crippen molar-refractivity contribution in [3.05, 3.63) is 23.0 Å². The quantitative estimate of drug-likeness (QED) is 0.208. The highest BCUT2D eigenvalue weighted by atomic mass is 32.2. The molecule has 3 heterocycles. The van der Waals surface area contributed by atoms with Gasteiger partial charge >= 0.3 is 0 Å². The SMILES string of the molecule is CCOC(OCC)c1cn([C@@H]2O[C@H](CO[Si](C)(C)C(C)(C)C)[C@@]3(OS(=O)(=O)C=C3N)[C@H]2O[Si](C)(C)C(C)(C)C)nn1. The molecule has 2 N–H and O–H groups in total. The zero-order valence-electron chi connectivity index (χ0n) is 26.7. The standard InChI is InChI=1S/C26H50N4O8SSi2/c1-13-33-23(34-14-2)18-15-30(29-28-18)22-21(37-41(11,12)25(6,7)8)26(19(27)17-39(31,32)38-26)20(36-22)16-35-40(9,10)24(3,4)5/h15,17,20-23H,13-14,16,27H2,1-12H3/t20-,21+,22-,26-/m1/s1. The molecule has 0 unspecified atom stereocenters. The van der Waals surface area contributed by atoms with E-state index in [9.17, 15) is 8.42 Å². The minimum atomic E-state index is -4.12. The number of hydrogen-bond donors (Lipinski definition) is 1. The van der Waals surface area contributed by atoms with Crippen LogP contribution in [-0.2, 0) is 37.4 Å². The average molecular weight is 635 g/mol. The van der Waals surface area contributed by atoms with Crippen LogP contribution >= 0.6 is 0 Å². The zero-order valence-corrected chi connectivity index (χ0v) is 29.5. The summed E-state index contributed by atoms with van der Waals surface area (Å²) >= 11 is 0. The van der Waals surface area contributed by atoms with Crippen LogP contribution in [0.15, 0.2) is 17.3 Å². The molecule has 1 fully saturated rings. The highest BCUT2D eigenvalue weighted by molar-refractivity contribution is 7.90. The van der Waals surface area contributed by atoms with E-state index >= 15 is 0 Å². The van der Waals surface area contributed by atoms with Gasteiger partial charge in [-0.15, -0.1) is 5.10 Å². The second-order valence-electron chi connectivity index (χ2n) is 13.7. The molecule has 1 saturated heterocycles. The first-order valence-electron chi connectivity index (χ1n) is 14.2. The third-order valence-electron chi connectivity index (χ3n) is 8.74. The van der Waals surface area contributed by atoms with Gasteiger partial charge in [-0.25, -0.2) is 8.86 Å². The fraction of sp³-hybridized carbons (Fsp3) is 0.846. The molecule has 1 aromatic heterocycles. The molecule has 0 bridgehead atoms. The van der Waals surface area contributed by atoms with Gasteiger partial charge < -0.3 is 28.8 Å². The number of nitrogens with two attached hydrogens (primary N) is 1. The second kappa shape index (κ2) is 11.7. The lowest BCUT2D eigenvalue weighted by molar-refractivity contribution is -0.142. The van der Waals surface area contributed by atoms with Gasteiger partial charge in [0.25, 0.3) is 10.1 Å². The third kappa shape index (κ3) is 6.83. The van der Waals surface area contributed by atoms with Crippen LogP contribution in [0, 0.1) is 0 Å². The summed E-state index contributed by atoms with van der Waals surface area (Å²) in [6, 6.07) is 0. The van der Waals surface area contributed by atoms with E-state index in [0.29, 0.717) is 18.9 Å².